The molecule has 2 aromatic rings. The van der Waals surface area contributed by atoms with Gasteiger partial charge in [0.1, 0.15) is 17.7 Å². The van der Waals surface area contributed by atoms with E-state index in [2.05, 4.69) is 10.1 Å². The third-order valence-corrected chi connectivity index (χ3v) is 3.21. The lowest BCUT2D eigenvalue weighted by Gasteiger charge is -2.16. The van der Waals surface area contributed by atoms with Crippen molar-refractivity contribution in [3.8, 4) is 0 Å². The van der Waals surface area contributed by atoms with Gasteiger partial charge in [-0.3, -0.25) is 4.79 Å². The molecule has 2 rings (SSSR count). The van der Waals surface area contributed by atoms with Crippen molar-refractivity contribution in [2.75, 3.05) is 7.11 Å². The summed E-state index contributed by atoms with van der Waals surface area (Å²) in [5.74, 6) is -2.28. The maximum absolute atomic E-state index is 13.2. The largest absolute Gasteiger partial charge is 0.467 e. The molecule has 0 aromatic heterocycles. The van der Waals surface area contributed by atoms with Gasteiger partial charge in [-0.25, -0.2) is 13.6 Å². The number of halogens is 2. The van der Waals surface area contributed by atoms with Gasteiger partial charge in [-0.2, -0.15) is 0 Å². The fourth-order valence-electron chi connectivity index (χ4n) is 2.11. The summed E-state index contributed by atoms with van der Waals surface area (Å²) < 4.78 is 31.0. The molecule has 4 nitrogen and oxygen atoms in total. The van der Waals surface area contributed by atoms with Crippen LogP contribution in [0.3, 0.4) is 0 Å². The second-order valence-corrected chi connectivity index (χ2v) is 4.89. The summed E-state index contributed by atoms with van der Waals surface area (Å²) in [5.41, 5.74) is 0.609. The van der Waals surface area contributed by atoms with Crippen molar-refractivity contribution in [2.45, 2.75) is 12.5 Å². The Morgan fingerprint density at radius 3 is 2.35 bits per heavy atom. The standard InChI is InChI=1S/C17H15F2NO3/c1-23-17(22)15(9-11-4-2-6-13(18)8-11)20-16(21)12-5-3-7-14(19)10-12/h2-8,10,15H,9H2,1H3,(H,20,21)/t15-/m0/s1. The molecule has 0 unspecified atom stereocenters. The Labute approximate surface area is 132 Å². The molecule has 2 aromatic carbocycles. The smallest absolute Gasteiger partial charge is 0.328 e. The summed E-state index contributed by atoms with van der Waals surface area (Å²) in [6, 6.07) is 9.77. The van der Waals surface area contributed by atoms with E-state index in [0.717, 1.165) is 6.07 Å². The summed E-state index contributed by atoms with van der Waals surface area (Å²) in [6.45, 7) is 0. The van der Waals surface area contributed by atoms with Gasteiger partial charge < -0.3 is 10.1 Å². The van der Waals surface area contributed by atoms with Crippen molar-refractivity contribution in [1.82, 2.24) is 5.32 Å². The topological polar surface area (TPSA) is 55.4 Å². The Morgan fingerprint density at radius 2 is 1.74 bits per heavy atom. The predicted octanol–water partition coefficient (Wildman–Crippen LogP) is 2.48. The number of nitrogens with one attached hydrogen (secondary N) is 1. The summed E-state index contributed by atoms with van der Waals surface area (Å²) in [4.78, 5) is 24.0. The number of esters is 1. The molecule has 0 spiro atoms. The van der Waals surface area contributed by atoms with E-state index in [1.165, 1.54) is 43.5 Å². The number of carbonyl (C=O) groups excluding carboxylic acids is 2. The van der Waals surface area contributed by atoms with E-state index in [1.807, 2.05) is 0 Å². The number of ether oxygens (including phenoxy) is 1. The summed E-state index contributed by atoms with van der Waals surface area (Å²) in [7, 11) is 1.19. The first-order chi connectivity index (χ1) is 11.0. The molecule has 1 N–H and O–H groups in total. The molecule has 0 saturated carbocycles. The quantitative estimate of drug-likeness (QED) is 0.862. The number of hydrogen-bond acceptors (Lipinski definition) is 3. The van der Waals surface area contributed by atoms with Gasteiger partial charge in [-0.15, -0.1) is 0 Å². The van der Waals surface area contributed by atoms with Crippen LogP contribution in [0.15, 0.2) is 48.5 Å². The molecule has 1 amide bonds. The Morgan fingerprint density at radius 1 is 1.09 bits per heavy atom. The van der Waals surface area contributed by atoms with Crippen molar-refractivity contribution < 1.29 is 23.1 Å². The second-order valence-electron chi connectivity index (χ2n) is 4.89. The molecule has 0 aliphatic carbocycles. The van der Waals surface area contributed by atoms with E-state index in [0.29, 0.717) is 5.56 Å². The van der Waals surface area contributed by atoms with Crippen LogP contribution in [0, 0.1) is 11.6 Å². The lowest BCUT2D eigenvalue weighted by Crippen LogP contribution is -2.43. The lowest BCUT2D eigenvalue weighted by atomic mass is 10.1. The molecule has 0 bridgehead atoms. The number of rotatable bonds is 5. The third kappa shape index (κ3) is 4.60. The normalized spacial score (nSPS) is 11.6. The SMILES string of the molecule is COC(=O)[C@H](Cc1cccc(F)c1)NC(=O)c1cccc(F)c1. The highest BCUT2D eigenvalue weighted by Gasteiger charge is 2.23. The number of hydrogen-bond donors (Lipinski definition) is 1. The Hall–Kier alpha value is -2.76. The maximum Gasteiger partial charge on any atom is 0.328 e. The first-order valence-corrected chi connectivity index (χ1v) is 6.88. The van der Waals surface area contributed by atoms with Gasteiger partial charge in [0.2, 0.25) is 0 Å². The van der Waals surface area contributed by atoms with Crippen LogP contribution in [0.1, 0.15) is 15.9 Å². The molecule has 23 heavy (non-hydrogen) atoms. The van der Waals surface area contributed by atoms with E-state index in [4.69, 9.17) is 0 Å². The van der Waals surface area contributed by atoms with E-state index < -0.39 is 29.6 Å². The van der Waals surface area contributed by atoms with Gasteiger partial charge in [0, 0.05) is 12.0 Å². The minimum atomic E-state index is -1.00. The minimum absolute atomic E-state index is 0.0610. The zero-order chi connectivity index (χ0) is 16.8. The molecule has 0 radical (unpaired) electrons. The molecule has 0 heterocycles. The Kier molecular flexibility index (Phi) is 5.41. The van der Waals surface area contributed by atoms with Crippen LogP contribution in [0.5, 0.6) is 0 Å². The average Bonchev–Trinajstić information content (AvgIpc) is 2.53. The molecule has 120 valence electrons. The lowest BCUT2D eigenvalue weighted by molar-refractivity contribution is -0.142. The van der Waals surface area contributed by atoms with Crippen LogP contribution in [-0.4, -0.2) is 25.0 Å². The van der Waals surface area contributed by atoms with Gasteiger partial charge in [0.05, 0.1) is 7.11 Å². The number of carbonyl (C=O) groups is 2. The van der Waals surface area contributed by atoms with Crippen molar-refractivity contribution in [3.63, 3.8) is 0 Å². The van der Waals surface area contributed by atoms with Gasteiger partial charge in [-0.05, 0) is 35.9 Å². The van der Waals surface area contributed by atoms with E-state index in [9.17, 15) is 18.4 Å². The van der Waals surface area contributed by atoms with Crippen LogP contribution in [0.2, 0.25) is 0 Å². The monoisotopic (exact) mass is 319 g/mol. The fraction of sp³-hybridized carbons (Fsp3) is 0.176. The molecular weight excluding hydrogens is 304 g/mol. The predicted molar refractivity (Wildman–Crippen MR) is 79.8 cm³/mol. The molecule has 0 saturated heterocycles. The van der Waals surface area contributed by atoms with Crippen molar-refractivity contribution >= 4 is 11.9 Å². The first kappa shape index (κ1) is 16.6. The van der Waals surface area contributed by atoms with Crippen LogP contribution < -0.4 is 5.32 Å². The van der Waals surface area contributed by atoms with Crippen LogP contribution in [0.4, 0.5) is 8.78 Å². The molecule has 6 heteroatoms. The van der Waals surface area contributed by atoms with Gasteiger partial charge in [0.15, 0.2) is 0 Å². The van der Waals surface area contributed by atoms with Gasteiger partial charge in [-0.1, -0.05) is 18.2 Å². The molecule has 1 atom stereocenters. The Balaban J connectivity index is 2.15. The molecule has 0 aliphatic heterocycles. The number of benzene rings is 2. The van der Waals surface area contributed by atoms with Crippen LogP contribution in [-0.2, 0) is 16.0 Å². The highest BCUT2D eigenvalue weighted by Crippen LogP contribution is 2.09. The zero-order valence-electron chi connectivity index (χ0n) is 12.4. The minimum Gasteiger partial charge on any atom is -0.467 e. The first-order valence-electron chi connectivity index (χ1n) is 6.88. The summed E-state index contributed by atoms with van der Waals surface area (Å²) >= 11 is 0. The number of amides is 1. The zero-order valence-corrected chi connectivity index (χ0v) is 12.4. The third-order valence-electron chi connectivity index (χ3n) is 3.21. The summed E-state index contributed by atoms with van der Waals surface area (Å²) in [5, 5.41) is 2.48. The molecule has 0 fully saturated rings. The van der Waals surface area contributed by atoms with Crippen molar-refractivity contribution in [2.24, 2.45) is 0 Å². The highest BCUT2D eigenvalue weighted by atomic mass is 19.1. The van der Waals surface area contributed by atoms with Crippen LogP contribution >= 0.6 is 0 Å². The summed E-state index contributed by atoms with van der Waals surface area (Å²) in [6.07, 6.45) is 0.0610. The van der Waals surface area contributed by atoms with Crippen LogP contribution in [0.25, 0.3) is 0 Å². The number of methoxy groups -OCH3 is 1. The fourth-order valence-corrected chi connectivity index (χ4v) is 2.11. The van der Waals surface area contributed by atoms with Gasteiger partial charge >= 0.3 is 5.97 Å². The highest BCUT2D eigenvalue weighted by molar-refractivity contribution is 5.96. The molecular formula is C17H15F2NO3. The Bertz CT molecular complexity index is 718. The van der Waals surface area contributed by atoms with E-state index in [-0.39, 0.29) is 12.0 Å². The maximum atomic E-state index is 13.2. The van der Waals surface area contributed by atoms with E-state index >= 15 is 0 Å². The van der Waals surface area contributed by atoms with Crippen molar-refractivity contribution in [3.05, 3.63) is 71.3 Å². The average molecular weight is 319 g/mol. The molecule has 0 aliphatic rings. The second kappa shape index (κ2) is 7.49. The van der Waals surface area contributed by atoms with E-state index in [1.54, 1.807) is 6.07 Å². The van der Waals surface area contributed by atoms with Crippen molar-refractivity contribution in [1.29, 1.82) is 0 Å². The van der Waals surface area contributed by atoms with Gasteiger partial charge in [0.25, 0.3) is 5.91 Å².